The van der Waals surface area contributed by atoms with Gasteiger partial charge in [0.05, 0.1) is 5.39 Å². The molecule has 2 aromatic rings. The molecule has 0 aliphatic carbocycles. The predicted octanol–water partition coefficient (Wildman–Crippen LogP) is 2.83. The zero-order valence-corrected chi connectivity index (χ0v) is 11.5. The monoisotopic (exact) mass is 261 g/mol. The summed E-state index contributed by atoms with van der Waals surface area (Å²) in [5, 5.41) is 4.01. The molecule has 18 heavy (non-hydrogen) atoms. The molecule has 1 unspecified atom stereocenters. The molecule has 2 aromatic heterocycles. The number of nitrogens with zero attached hydrogens (tertiary/aromatic N) is 2. The Labute approximate surface area is 110 Å². The molecule has 5 heteroatoms. The molecule has 0 saturated heterocycles. The highest BCUT2D eigenvalue weighted by atomic mass is 32.1. The van der Waals surface area contributed by atoms with Gasteiger partial charge in [-0.15, -0.1) is 17.8 Å². The standard InChI is InChI=1S/C13H15N3OS/c1-5-8(3)17-11-10-7-9(4)18-12(10)16-13(15-11)14-6-2/h1,7-8H,6H2,2-4H3,(H,14,15,16). The molecule has 0 radical (unpaired) electrons. The lowest BCUT2D eigenvalue weighted by Gasteiger charge is -2.10. The second-order valence-electron chi connectivity index (χ2n) is 3.89. The number of hydrogen-bond acceptors (Lipinski definition) is 5. The van der Waals surface area contributed by atoms with E-state index in [1.165, 1.54) is 4.88 Å². The fraction of sp³-hybridized carbons (Fsp3) is 0.385. The first-order valence-corrected chi connectivity index (χ1v) is 6.60. The minimum atomic E-state index is -0.308. The zero-order chi connectivity index (χ0) is 13.1. The maximum atomic E-state index is 5.66. The molecular formula is C13H15N3OS. The summed E-state index contributed by atoms with van der Waals surface area (Å²) in [6.45, 7) is 6.62. The average Bonchev–Trinajstić information content (AvgIpc) is 2.70. The van der Waals surface area contributed by atoms with E-state index >= 15 is 0 Å². The van der Waals surface area contributed by atoms with Crippen LogP contribution in [0.1, 0.15) is 18.7 Å². The lowest BCUT2D eigenvalue weighted by atomic mass is 10.3. The lowest BCUT2D eigenvalue weighted by molar-refractivity contribution is 0.272. The molecule has 0 fully saturated rings. The summed E-state index contributed by atoms with van der Waals surface area (Å²) in [5.74, 6) is 3.66. The van der Waals surface area contributed by atoms with Crippen LogP contribution in [0.5, 0.6) is 5.88 Å². The Morgan fingerprint density at radius 1 is 1.56 bits per heavy atom. The Morgan fingerprint density at radius 2 is 2.33 bits per heavy atom. The van der Waals surface area contributed by atoms with E-state index in [0.29, 0.717) is 11.8 Å². The molecule has 0 aromatic carbocycles. The van der Waals surface area contributed by atoms with Crippen molar-refractivity contribution in [2.75, 3.05) is 11.9 Å². The van der Waals surface area contributed by atoms with E-state index in [-0.39, 0.29) is 6.10 Å². The molecule has 2 rings (SSSR count). The van der Waals surface area contributed by atoms with Gasteiger partial charge >= 0.3 is 0 Å². The number of ether oxygens (including phenoxy) is 1. The first kappa shape index (κ1) is 12.7. The summed E-state index contributed by atoms with van der Waals surface area (Å²) >= 11 is 1.62. The number of fused-ring (bicyclic) bond motifs is 1. The molecule has 0 amide bonds. The van der Waals surface area contributed by atoms with E-state index < -0.39 is 0 Å². The van der Waals surface area contributed by atoms with E-state index in [1.807, 2.05) is 26.8 Å². The molecule has 4 nitrogen and oxygen atoms in total. The third-order valence-corrected chi connectivity index (χ3v) is 3.28. The molecule has 0 aliphatic rings. The highest BCUT2D eigenvalue weighted by Gasteiger charge is 2.13. The van der Waals surface area contributed by atoms with Gasteiger partial charge in [0.15, 0.2) is 6.10 Å². The maximum Gasteiger partial charge on any atom is 0.228 e. The van der Waals surface area contributed by atoms with Crippen LogP contribution < -0.4 is 10.1 Å². The van der Waals surface area contributed by atoms with Crippen molar-refractivity contribution < 1.29 is 4.74 Å². The largest absolute Gasteiger partial charge is 0.461 e. The van der Waals surface area contributed by atoms with Gasteiger partial charge in [0.2, 0.25) is 11.8 Å². The zero-order valence-electron chi connectivity index (χ0n) is 10.7. The van der Waals surface area contributed by atoms with E-state index in [1.54, 1.807) is 11.3 Å². The van der Waals surface area contributed by atoms with Crippen molar-refractivity contribution >= 4 is 27.5 Å². The molecule has 1 atom stereocenters. The quantitative estimate of drug-likeness (QED) is 0.860. The second kappa shape index (κ2) is 5.23. The highest BCUT2D eigenvalue weighted by molar-refractivity contribution is 7.18. The summed E-state index contributed by atoms with van der Waals surface area (Å²) in [6.07, 6.45) is 5.03. The van der Waals surface area contributed by atoms with Gasteiger partial charge in [0, 0.05) is 11.4 Å². The van der Waals surface area contributed by atoms with E-state index in [2.05, 4.69) is 21.2 Å². The summed E-state index contributed by atoms with van der Waals surface area (Å²) in [6, 6.07) is 2.02. The van der Waals surface area contributed by atoms with Crippen LogP contribution >= 0.6 is 11.3 Å². The smallest absolute Gasteiger partial charge is 0.228 e. The normalized spacial score (nSPS) is 12.1. The van der Waals surface area contributed by atoms with Gasteiger partial charge in [0.1, 0.15) is 4.83 Å². The summed E-state index contributed by atoms with van der Waals surface area (Å²) in [5.41, 5.74) is 0. The molecule has 0 aliphatic heterocycles. The van der Waals surface area contributed by atoms with Crippen molar-refractivity contribution in [3.05, 3.63) is 10.9 Å². The minimum Gasteiger partial charge on any atom is -0.461 e. The molecule has 0 saturated carbocycles. The van der Waals surface area contributed by atoms with Gasteiger partial charge in [-0.1, -0.05) is 5.92 Å². The van der Waals surface area contributed by atoms with Gasteiger partial charge in [-0.2, -0.15) is 4.98 Å². The Hall–Kier alpha value is -1.80. The molecule has 94 valence electrons. The minimum absolute atomic E-state index is 0.308. The molecular weight excluding hydrogens is 246 g/mol. The number of terminal acetylenes is 1. The van der Waals surface area contributed by atoms with Crippen molar-refractivity contribution in [1.82, 2.24) is 9.97 Å². The number of aryl methyl sites for hydroxylation is 1. The lowest BCUT2D eigenvalue weighted by Crippen LogP contribution is -2.11. The van der Waals surface area contributed by atoms with E-state index in [9.17, 15) is 0 Å². The topological polar surface area (TPSA) is 47.0 Å². The van der Waals surface area contributed by atoms with E-state index in [4.69, 9.17) is 11.2 Å². The average molecular weight is 261 g/mol. The van der Waals surface area contributed by atoms with Crippen molar-refractivity contribution in [1.29, 1.82) is 0 Å². The van der Waals surface area contributed by atoms with Crippen molar-refractivity contribution in [3.8, 4) is 18.2 Å². The van der Waals surface area contributed by atoms with Crippen LogP contribution in [0, 0.1) is 19.3 Å². The van der Waals surface area contributed by atoms with Crippen molar-refractivity contribution in [2.24, 2.45) is 0 Å². The number of thiophene rings is 1. The second-order valence-corrected chi connectivity index (χ2v) is 5.12. The Bertz CT molecular complexity index is 600. The summed E-state index contributed by atoms with van der Waals surface area (Å²) in [4.78, 5) is 10.9. The third-order valence-electron chi connectivity index (χ3n) is 2.34. The molecule has 0 bridgehead atoms. The Kier molecular flexibility index (Phi) is 3.68. The SMILES string of the molecule is C#CC(C)Oc1nc(NCC)nc2sc(C)cc12. The van der Waals surface area contributed by atoms with Crippen LogP contribution in [-0.4, -0.2) is 22.6 Å². The van der Waals surface area contributed by atoms with Gasteiger partial charge < -0.3 is 10.1 Å². The number of nitrogens with one attached hydrogen (secondary N) is 1. The van der Waals surface area contributed by atoms with Crippen LogP contribution in [0.3, 0.4) is 0 Å². The molecule has 2 heterocycles. The van der Waals surface area contributed by atoms with Gasteiger partial charge in [-0.05, 0) is 26.8 Å². The number of rotatable bonds is 4. The number of anilines is 1. The number of aromatic nitrogens is 2. The fourth-order valence-electron chi connectivity index (χ4n) is 1.54. The van der Waals surface area contributed by atoms with Gasteiger partial charge in [-0.25, -0.2) is 4.98 Å². The summed E-state index contributed by atoms with van der Waals surface area (Å²) in [7, 11) is 0. The predicted molar refractivity (Wildman–Crippen MR) is 75.2 cm³/mol. The third kappa shape index (κ3) is 2.54. The van der Waals surface area contributed by atoms with Crippen LogP contribution in [0.2, 0.25) is 0 Å². The Morgan fingerprint density at radius 3 is 3.00 bits per heavy atom. The van der Waals surface area contributed by atoms with Crippen molar-refractivity contribution in [3.63, 3.8) is 0 Å². The first-order chi connectivity index (χ1) is 8.63. The van der Waals surface area contributed by atoms with Crippen LogP contribution in [-0.2, 0) is 0 Å². The fourth-order valence-corrected chi connectivity index (χ4v) is 2.41. The van der Waals surface area contributed by atoms with Crippen molar-refractivity contribution in [2.45, 2.75) is 26.9 Å². The van der Waals surface area contributed by atoms with Crippen LogP contribution in [0.15, 0.2) is 6.07 Å². The molecule has 1 N–H and O–H groups in total. The van der Waals surface area contributed by atoms with Crippen LogP contribution in [0.4, 0.5) is 5.95 Å². The van der Waals surface area contributed by atoms with Crippen LogP contribution in [0.25, 0.3) is 10.2 Å². The van der Waals surface area contributed by atoms with Gasteiger partial charge in [0.25, 0.3) is 0 Å². The first-order valence-electron chi connectivity index (χ1n) is 5.79. The molecule has 0 spiro atoms. The van der Waals surface area contributed by atoms with E-state index in [0.717, 1.165) is 16.8 Å². The number of hydrogen-bond donors (Lipinski definition) is 1. The Balaban J connectivity index is 2.50. The van der Waals surface area contributed by atoms with Gasteiger partial charge in [-0.3, -0.25) is 0 Å². The summed E-state index contributed by atoms with van der Waals surface area (Å²) < 4.78 is 5.66. The maximum absolute atomic E-state index is 5.66. The highest BCUT2D eigenvalue weighted by Crippen LogP contribution is 2.31.